The molecule has 1 rings (SSSR count). The van der Waals surface area contributed by atoms with E-state index in [4.69, 9.17) is 14.6 Å². The molecule has 0 amide bonds. The SMILES string of the molecule is COC1(OC)CN(CC(C)(C)CCCO)C1. The molecular formula is C12H25NO3. The van der Waals surface area contributed by atoms with E-state index >= 15 is 0 Å². The van der Waals surface area contributed by atoms with Crippen LogP contribution in [0.25, 0.3) is 0 Å². The lowest BCUT2D eigenvalue weighted by molar-refractivity contribution is -0.278. The first kappa shape index (κ1) is 13.9. The summed E-state index contributed by atoms with van der Waals surface area (Å²) < 4.78 is 10.7. The monoisotopic (exact) mass is 231 g/mol. The fourth-order valence-corrected chi connectivity index (χ4v) is 2.33. The number of methoxy groups -OCH3 is 2. The van der Waals surface area contributed by atoms with Crippen molar-refractivity contribution in [1.29, 1.82) is 0 Å². The van der Waals surface area contributed by atoms with Crippen LogP contribution in [0.2, 0.25) is 0 Å². The average Bonchev–Trinajstić information content (AvgIpc) is 2.20. The molecule has 16 heavy (non-hydrogen) atoms. The van der Waals surface area contributed by atoms with Crippen LogP contribution in [0.3, 0.4) is 0 Å². The van der Waals surface area contributed by atoms with E-state index < -0.39 is 0 Å². The summed E-state index contributed by atoms with van der Waals surface area (Å²) in [4.78, 5) is 2.34. The molecule has 0 atom stereocenters. The number of nitrogens with zero attached hydrogens (tertiary/aromatic N) is 1. The normalized spacial score (nSPS) is 20.8. The first-order valence-electron chi connectivity index (χ1n) is 5.90. The van der Waals surface area contributed by atoms with Gasteiger partial charge in [-0.15, -0.1) is 0 Å². The second-order valence-corrected chi connectivity index (χ2v) is 5.46. The second kappa shape index (κ2) is 5.45. The fourth-order valence-electron chi connectivity index (χ4n) is 2.33. The zero-order valence-corrected chi connectivity index (χ0v) is 11.0. The van der Waals surface area contributed by atoms with E-state index in [1.165, 1.54) is 0 Å². The van der Waals surface area contributed by atoms with Crippen LogP contribution in [0.4, 0.5) is 0 Å². The maximum Gasteiger partial charge on any atom is 0.193 e. The number of aliphatic hydroxyl groups excluding tert-OH is 1. The van der Waals surface area contributed by atoms with Gasteiger partial charge in [-0.3, -0.25) is 4.90 Å². The van der Waals surface area contributed by atoms with Gasteiger partial charge in [0.05, 0.1) is 13.1 Å². The van der Waals surface area contributed by atoms with E-state index in [1.807, 2.05) is 0 Å². The molecule has 0 spiro atoms. The van der Waals surface area contributed by atoms with E-state index in [0.717, 1.165) is 32.5 Å². The third-order valence-corrected chi connectivity index (χ3v) is 3.34. The van der Waals surface area contributed by atoms with Gasteiger partial charge >= 0.3 is 0 Å². The lowest BCUT2D eigenvalue weighted by atomic mass is 9.86. The molecule has 4 heteroatoms. The van der Waals surface area contributed by atoms with E-state index in [1.54, 1.807) is 14.2 Å². The molecule has 1 N–H and O–H groups in total. The van der Waals surface area contributed by atoms with E-state index in [9.17, 15) is 0 Å². The quantitative estimate of drug-likeness (QED) is 0.666. The molecule has 1 aliphatic rings. The van der Waals surface area contributed by atoms with Gasteiger partial charge in [0.1, 0.15) is 0 Å². The van der Waals surface area contributed by atoms with E-state index in [-0.39, 0.29) is 17.8 Å². The van der Waals surface area contributed by atoms with Gasteiger partial charge in [0.25, 0.3) is 0 Å². The van der Waals surface area contributed by atoms with Crippen LogP contribution < -0.4 is 0 Å². The van der Waals surface area contributed by atoms with Crippen LogP contribution in [-0.4, -0.2) is 56.3 Å². The molecule has 0 aromatic carbocycles. The van der Waals surface area contributed by atoms with Gasteiger partial charge in [0.15, 0.2) is 5.79 Å². The Hall–Kier alpha value is -0.160. The van der Waals surface area contributed by atoms with Crippen LogP contribution in [-0.2, 0) is 9.47 Å². The molecule has 1 fully saturated rings. The highest BCUT2D eigenvalue weighted by Crippen LogP contribution is 2.31. The van der Waals surface area contributed by atoms with Gasteiger partial charge in [-0.25, -0.2) is 0 Å². The minimum atomic E-state index is -0.382. The summed E-state index contributed by atoms with van der Waals surface area (Å²) in [5.74, 6) is -0.382. The van der Waals surface area contributed by atoms with Crippen molar-refractivity contribution in [3.63, 3.8) is 0 Å². The third-order valence-electron chi connectivity index (χ3n) is 3.34. The molecule has 96 valence electrons. The number of likely N-dealkylation sites (tertiary alicyclic amines) is 1. The van der Waals surface area contributed by atoms with Crippen molar-refractivity contribution in [3.05, 3.63) is 0 Å². The van der Waals surface area contributed by atoms with Crippen molar-refractivity contribution < 1.29 is 14.6 Å². The Bertz CT molecular complexity index is 206. The molecule has 0 aromatic heterocycles. The molecule has 0 bridgehead atoms. The van der Waals surface area contributed by atoms with Gasteiger partial charge in [0, 0.05) is 27.4 Å². The van der Waals surface area contributed by atoms with Crippen LogP contribution >= 0.6 is 0 Å². The van der Waals surface area contributed by atoms with Gasteiger partial charge in [-0.05, 0) is 18.3 Å². The highest BCUT2D eigenvalue weighted by atomic mass is 16.7. The number of rotatable bonds is 7. The highest BCUT2D eigenvalue weighted by Gasteiger charge is 2.44. The predicted octanol–water partition coefficient (Wildman–Crippen LogP) is 1.09. The van der Waals surface area contributed by atoms with Crippen molar-refractivity contribution in [3.8, 4) is 0 Å². The zero-order chi connectivity index (χ0) is 12.2. The largest absolute Gasteiger partial charge is 0.396 e. The summed E-state index contributed by atoms with van der Waals surface area (Å²) in [6.45, 7) is 7.46. The maximum atomic E-state index is 8.84. The van der Waals surface area contributed by atoms with Gasteiger partial charge in [0.2, 0.25) is 0 Å². The molecule has 0 aliphatic carbocycles. The van der Waals surface area contributed by atoms with Gasteiger partial charge in [-0.1, -0.05) is 13.8 Å². The topological polar surface area (TPSA) is 41.9 Å². The van der Waals surface area contributed by atoms with Crippen molar-refractivity contribution in [2.45, 2.75) is 32.5 Å². The summed E-state index contributed by atoms with van der Waals surface area (Å²) in [5, 5.41) is 8.84. The summed E-state index contributed by atoms with van der Waals surface area (Å²) in [6.07, 6.45) is 1.92. The molecule has 0 saturated carbocycles. The van der Waals surface area contributed by atoms with Crippen molar-refractivity contribution in [2.75, 3.05) is 40.5 Å². The van der Waals surface area contributed by atoms with Crippen LogP contribution in [0.5, 0.6) is 0 Å². The third kappa shape index (κ3) is 3.42. The lowest BCUT2D eigenvalue weighted by Gasteiger charge is -2.50. The van der Waals surface area contributed by atoms with Crippen LogP contribution in [0.15, 0.2) is 0 Å². The first-order valence-corrected chi connectivity index (χ1v) is 5.90. The molecule has 1 heterocycles. The maximum absolute atomic E-state index is 8.84. The summed E-state index contributed by atoms with van der Waals surface area (Å²) >= 11 is 0. The predicted molar refractivity (Wildman–Crippen MR) is 63.3 cm³/mol. The summed E-state index contributed by atoms with van der Waals surface area (Å²) in [7, 11) is 3.38. The minimum Gasteiger partial charge on any atom is -0.396 e. The standard InChI is InChI=1S/C12H25NO3/c1-11(2,6-5-7-14)8-13-9-12(10-13,15-3)16-4/h14H,5-10H2,1-4H3. The molecular weight excluding hydrogens is 206 g/mol. The number of hydrogen-bond acceptors (Lipinski definition) is 4. The molecule has 0 aromatic rings. The Morgan fingerprint density at radius 1 is 1.25 bits per heavy atom. The van der Waals surface area contributed by atoms with E-state index in [0.29, 0.717) is 0 Å². The molecule has 0 radical (unpaired) electrons. The number of ether oxygens (including phenoxy) is 2. The first-order chi connectivity index (χ1) is 7.47. The van der Waals surface area contributed by atoms with Crippen molar-refractivity contribution in [2.24, 2.45) is 5.41 Å². The van der Waals surface area contributed by atoms with Crippen LogP contribution in [0.1, 0.15) is 26.7 Å². The Morgan fingerprint density at radius 2 is 1.81 bits per heavy atom. The Balaban J connectivity index is 2.30. The summed E-state index contributed by atoms with van der Waals surface area (Å²) in [5.41, 5.74) is 0.246. The summed E-state index contributed by atoms with van der Waals surface area (Å²) in [6, 6.07) is 0. The molecule has 4 nitrogen and oxygen atoms in total. The van der Waals surface area contributed by atoms with Gasteiger partial charge < -0.3 is 14.6 Å². The Kier molecular flexibility index (Phi) is 4.73. The zero-order valence-electron chi connectivity index (χ0n) is 11.0. The number of hydrogen-bond donors (Lipinski definition) is 1. The number of aliphatic hydroxyl groups is 1. The molecule has 1 aliphatic heterocycles. The van der Waals surface area contributed by atoms with Crippen molar-refractivity contribution in [1.82, 2.24) is 4.90 Å². The van der Waals surface area contributed by atoms with Crippen LogP contribution in [0, 0.1) is 5.41 Å². The minimum absolute atomic E-state index is 0.246. The fraction of sp³-hybridized carbons (Fsp3) is 1.00. The Morgan fingerprint density at radius 3 is 2.25 bits per heavy atom. The molecule has 1 saturated heterocycles. The highest BCUT2D eigenvalue weighted by molar-refractivity contribution is 4.91. The Labute approximate surface area is 98.5 Å². The molecule has 0 unspecified atom stereocenters. The van der Waals surface area contributed by atoms with E-state index in [2.05, 4.69) is 18.7 Å². The van der Waals surface area contributed by atoms with Crippen molar-refractivity contribution >= 4 is 0 Å². The van der Waals surface area contributed by atoms with Gasteiger partial charge in [-0.2, -0.15) is 0 Å². The average molecular weight is 231 g/mol. The second-order valence-electron chi connectivity index (χ2n) is 5.46. The smallest absolute Gasteiger partial charge is 0.193 e. The lowest BCUT2D eigenvalue weighted by Crippen LogP contribution is -2.65.